The normalized spacial score (nSPS) is 16.7. The molecule has 134 valence electrons. The maximum Gasteiger partial charge on any atom is 0.224 e. The predicted molar refractivity (Wildman–Crippen MR) is 94.8 cm³/mol. The molecule has 2 aromatic rings. The summed E-state index contributed by atoms with van der Waals surface area (Å²) in [4.78, 5) is 12.2. The molecular formula is C17H22N4O3S. The highest BCUT2D eigenvalue weighted by atomic mass is 32.2. The molecule has 1 aliphatic rings. The Morgan fingerprint density at radius 2 is 1.92 bits per heavy atom. The molecule has 7 nitrogen and oxygen atoms in total. The molecule has 0 bridgehead atoms. The lowest BCUT2D eigenvalue weighted by Crippen LogP contribution is -2.46. The first-order valence-electron chi connectivity index (χ1n) is 8.25. The van der Waals surface area contributed by atoms with Crippen LogP contribution in [0.1, 0.15) is 18.4 Å². The number of aromatic nitrogens is 2. The average molecular weight is 362 g/mol. The third-order valence-corrected chi connectivity index (χ3v) is 5.66. The van der Waals surface area contributed by atoms with Crippen molar-refractivity contribution in [2.75, 3.05) is 19.3 Å². The maximum absolute atomic E-state index is 12.2. The Morgan fingerprint density at radius 1 is 1.24 bits per heavy atom. The molecule has 1 N–H and O–H groups in total. The van der Waals surface area contributed by atoms with Gasteiger partial charge in [0.2, 0.25) is 15.9 Å². The summed E-state index contributed by atoms with van der Waals surface area (Å²) < 4.78 is 26.2. The van der Waals surface area contributed by atoms with Gasteiger partial charge >= 0.3 is 0 Å². The van der Waals surface area contributed by atoms with E-state index >= 15 is 0 Å². The molecule has 1 amide bonds. The van der Waals surface area contributed by atoms with E-state index in [0.717, 1.165) is 11.3 Å². The number of nitrogens with zero attached hydrogens (tertiary/aromatic N) is 3. The Balaban J connectivity index is 1.50. The van der Waals surface area contributed by atoms with E-state index in [1.165, 1.54) is 10.6 Å². The van der Waals surface area contributed by atoms with Gasteiger partial charge in [-0.25, -0.2) is 17.4 Å². The number of sulfonamides is 1. The molecule has 0 spiro atoms. The van der Waals surface area contributed by atoms with Crippen LogP contribution in [0.4, 0.5) is 0 Å². The third kappa shape index (κ3) is 4.67. The molecule has 0 aliphatic carbocycles. The summed E-state index contributed by atoms with van der Waals surface area (Å²) in [5, 5.41) is 7.17. The molecule has 1 aromatic heterocycles. The van der Waals surface area contributed by atoms with Crippen LogP contribution >= 0.6 is 0 Å². The molecule has 1 saturated heterocycles. The fraction of sp³-hybridized carbons (Fsp3) is 0.412. The maximum atomic E-state index is 12.2. The Labute approximate surface area is 147 Å². The average Bonchev–Trinajstić information content (AvgIpc) is 3.09. The number of hydrogen-bond acceptors (Lipinski definition) is 4. The van der Waals surface area contributed by atoms with E-state index in [4.69, 9.17) is 0 Å². The fourth-order valence-electron chi connectivity index (χ4n) is 2.98. The van der Waals surface area contributed by atoms with Crippen LogP contribution in [0.5, 0.6) is 0 Å². The number of nitrogens with one attached hydrogen (secondary N) is 1. The molecule has 3 rings (SSSR count). The molecule has 0 atom stereocenters. The fourth-order valence-corrected chi connectivity index (χ4v) is 3.86. The van der Waals surface area contributed by atoms with Crippen LogP contribution in [0.2, 0.25) is 0 Å². The number of carbonyl (C=O) groups excluding carboxylic acids is 1. The largest absolute Gasteiger partial charge is 0.353 e. The van der Waals surface area contributed by atoms with Gasteiger partial charge in [0, 0.05) is 31.5 Å². The third-order valence-electron chi connectivity index (χ3n) is 4.36. The van der Waals surface area contributed by atoms with Gasteiger partial charge in [0.25, 0.3) is 0 Å². The summed E-state index contributed by atoms with van der Waals surface area (Å²) in [7, 11) is -3.14. The summed E-state index contributed by atoms with van der Waals surface area (Å²) in [5.74, 6) is -0.0374. The van der Waals surface area contributed by atoms with Crippen LogP contribution in [0.15, 0.2) is 42.7 Å². The van der Waals surface area contributed by atoms with Crippen molar-refractivity contribution in [3.8, 4) is 5.69 Å². The highest BCUT2D eigenvalue weighted by molar-refractivity contribution is 7.88. The smallest absolute Gasteiger partial charge is 0.224 e. The minimum Gasteiger partial charge on any atom is -0.353 e. The first kappa shape index (κ1) is 17.6. The summed E-state index contributed by atoms with van der Waals surface area (Å²) in [6.07, 6.45) is 6.42. The van der Waals surface area contributed by atoms with Gasteiger partial charge in [-0.1, -0.05) is 12.1 Å². The zero-order valence-corrected chi connectivity index (χ0v) is 14.9. The van der Waals surface area contributed by atoms with Gasteiger partial charge in [-0.2, -0.15) is 5.10 Å². The van der Waals surface area contributed by atoms with Crippen molar-refractivity contribution in [2.24, 2.45) is 0 Å². The second-order valence-electron chi connectivity index (χ2n) is 6.30. The quantitative estimate of drug-likeness (QED) is 0.858. The van der Waals surface area contributed by atoms with Crippen molar-refractivity contribution in [1.82, 2.24) is 19.4 Å². The van der Waals surface area contributed by atoms with Crippen LogP contribution < -0.4 is 5.32 Å². The topological polar surface area (TPSA) is 84.3 Å². The molecule has 0 radical (unpaired) electrons. The summed E-state index contributed by atoms with van der Waals surface area (Å²) >= 11 is 0. The zero-order valence-electron chi connectivity index (χ0n) is 14.1. The molecule has 1 aromatic carbocycles. The van der Waals surface area contributed by atoms with Crippen LogP contribution in [-0.2, 0) is 21.2 Å². The van der Waals surface area contributed by atoms with Gasteiger partial charge in [0.1, 0.15) is 0 Å². The van der Waals surface area contributed by atoms with E-state index in [9.17, 15) is 13.2 Å². The van der Waals surface area contributed by atoms with E-state index in [0.29, 0.717) is 32.4 Å². The summed E-state index contributed by atoms with van der Waals surface area (Å²) in [5.41, 5.74) is 1.88. The van der Waals surface area contributed by atoms with Crippen molar-refractivity contribution >= 4 is 15.9 Å². The van der Waals surface area contributed by atoms with Crippen LogP contribution in [-0.4, -0.2) is 53.8 Å². The van der Waals surface area contributed by atoms with Crippen molar-refractivity contribution in [3.05, 3.63) is 48.3 Å². The Kier molecular flexibility index (Phi) is 5.19. The van der Waals surface area contributed by atoms with Gasteiger partial charge < -0.3 is 5.32 Å². The van der Waals surface area contributed by atoms with E-state index in [2.05, 4.69) is 10.4 Å². The van der Waals surface area contributed by atoms with Crippen molar-refractivity contribution in [1.29, 1.82) is 0 Å². The molecule has 8 heteroatoms. The van der Waals surface area contributed by atoms with E-state index < -0.39 is 10.0 Å². The predicted octanol–water partition coefficient (Wildman–Crippen LogP) is 0.955. The van der Waals surface area contributed by atoms with Crippen LogP contribution in [0, 0.1) is 0 Å². The molecule has 1 aliphatic heterocycles. The highest BCUT2D eigenvalue weighted by Crippen LogP contribution is 2.14. The monoisotopic (exact) mass is 362 g/mol. The van der Waals surface area contributed by atoms with Gasteiger partial charge in [0.05, 0.1) is 18.4 Å². The van der Waals surface area contributed by atoms with Crippen molar-refractivity contribution in [3.63, 3.8) is 0 Å². The van der Waals surface area contributed by atoms with E-state index in [1.54, 1.807) is 10.9 Å². The highest BCUT2D eigenvalue weighted by Gasteiger charge is 2.25. The zero-order chi connectivity index (χ0) is 17.9. The molecule has 25 heavy (non-hydrogen) atoms. The van der Waals surface area contributed by atoms with Crippen LogP contribution in [0.3, 0.4) is 0 Å². The second-order valence-corrected chi connectivity index (χ2v) is 8.28. The lowest BCUT2D eigenvalue weighted by atomic mass is 10.1. The van der Waals surface area contributed by atoms with E-state index in [1.807, 2.05) is 36.5 Å². The first-order chi connectivity index (χ1) is 11.9. The lowest BCUT2D eigenvalue weighted by molar-refractivity contribution is -0.121. The molecule has 1 fully saturated rings. The number of amides is 1. The molecule has 0 saturated carbocycles. The number of carbonyl (C=O) groups is 1. The van der Waals surface area contributed by atoms with Crippen molar-refractivity contribution < 1.29 is 13.2 Å². The van der Waals surface area contributed by atoms with E-state index in [-0.39, 0.29) is 11.9 Å². The Morgan fingerprint density at radius 3 is 2.48 bits per heavy atom. The molecule has 0 unspecified atom stereocenters. The van der Waals surface area contributed by atoms with Gasteiger partial charge in [0.15, 0.2) is 0 Å². The number of rotatable bonds is 5. The minimum atomic E-state index is -3.14. The number of benzene rings is 1. The van der Waals surface area contributed by atoms with Gasteiger partial charge in [-0.3, -0.25) is 4.79 Å². The Bertz CT molecular complexity index is 808. The first-order valence-corrected chi connectivity index (χ1v) is 10.1. The summed E-state index contributed by atoms with van der Waals surface area (Å²) in [6, 6.07) is 9.59. The molecule has 2 heterocycles. The standard InChI is InChI=1S/C17H22N4O3S/c1-25(23,24)20-11-7-15(8-12-20)19-17(22)13-14-3-5-16(6-4-14)21-10-2-9-18-21/h2-6,9-10,15H,7-8,11-13H2,1H3,(H,19,22). The number of piperidine rings is 1. The van der Waals surface area contributed by atoms with Crippen LogP contribution in [0.25, 0.3) is 5.69 Å². The lowest BCUT2D eigenvalue weighted by Gasteiger charge is -2.30. The Hall–Kier alpha value is -2.19. The summed E-state index contributed by atoms with van der Waals surface area (Å²) in [6.45, 7) is 0.921. The molecular weight excluding hydrogens is 340 g/mol. The van der Waals surface area contributed by atoms with Gasteiger partial charge in [-0.15, -0.1) is 0 Å². The van der Waals surface area contributed by atoms with Crippen molar-refractivity contribution in [2.45, 2.75) is 25.3 Å². The second kappa shape index (κ2) is 7.37. The van der Waals surface area contributed by atoms with Gasteiger partial charge in [-0.05, 0) is 36.6 Å². The SMILES string of the molecule is CS(=O)(=O)N1CCC(NC(=O)Cc2ccc(-n3cccn3)cc2)CC1. The number of hydrogen-bond donors (Lipinski definition) is 1. The minimum absolute atomic E-state index is 0.0360.